The van der Waals surface area contributed by atoms with Gasteiger partial charge in [-0.3, -0.25) is 0 Å². The first-order valence-corrected chi connectivity index (χ1v) is 6.07. The van der Waals surface area contributed by atoms with Crippen LogP contribution in [0.4, 0.5) is 0 Å². The van der Waals surface area contributed by atoms with Crippen LogP contribution in [0.15, 0.2) is 18.2 Å². The molecule has 3 N–H and O–H groups in total. The predicted molar refractivity (Wildman–Crippen MR) is 70.5 cm³/mol. The molecule has 0 aliphatic heterocycles. The molecule has 0 heterocycles. The second-order valence-corrected chi connectivity index (χ2v) is 5.32. The van der Waals surface area contributed by atoms with E-state index in [1.807, 2.05) is 19.1 Å². The molecule has 0 fully saturated rings. The van der Waals surface area contributed by atoms with Crippen LogP contribution in [0.3, 0.4) is 0 Å². The van der Waals surface area contributed by atoms with Crippen LogP contribution in [-0.2, 0) is 0 Å². The first-order valence-electron chi connectivity index (χ1n) is 5.70. The Hall–Kier alpha value is -0.770. The maximum absolute atomic E-state index is 9.59. The van der Waals surface area contributed by atoms with Gasteiger partial charge in [0.25, 0.3) is 0 Å². The molecule has 0 aromatic heterocycles. The Labute approximate surface area is 108 Å². The lowest BCUT2D eigenvalue weighted by molar-refractivity contribution is 0.0552. The third kappa shape index (κ3) is 4.94. The van der Waals surface area contributed by atoms with Gasteiger partial charge in [-0.05, 0) is 39.0 Å². The Morgan fingerprint density at radius 1 is 1.47 bits per heavy atom. The number of halogens is 1. The molecule has 96 valence electrons. The van der Waals surface area contributed by atoms with Crippen molar-refractivity contribution < 1.29 is 9.84 Å². The number of aliphatic hydroxyl groups is 1. The molecule has 0 aliphatic rings. The molecular weight excluding hydrogens is 238 g/mol. The molecule has 3 nitrogen and oxygen atoms in total. The molecule has 1 aromatic carbocycles. The van der Waals surface area contributed by atoms with Crippen molar-refractivity contribution in [2.24, 2.45) is 5.73 Å². The molecule has 17 heavy (non-hydrogen) atoms. The first kappa shape index (κ1) is 14.3. The molecular formula is C13H20ClNO2. The smallest absolute Gasteiger partial charge is 0.124 e. The largest absolute Gasteiger partial charge is 0.493 e. The van der Waals surface area contributed by atoms with Crippen molar-refractivity contribution in [3.8, 4) is 5.75 Å². The minimum Gasteiger partial charge on any atom is -0.493 e. The van der Waals surface area contributed by atoms with Gasteiger partial charge in [0, 0.05) is 23.0 Å². The number of hydrogen-bond acceptors (Lipinski definition) is 3. The Kier molecular flexibility index (Phi) is 4.80. The molecule has 0 amide bonds. The van der Waals surface area contributed by atoms with E-state index in [-0.39, 0.29) is 6.04 Å². The van der Waals surface area contributed by atoms with Crippen LogP contribution in [0.1, 0.15) is 38.8 Å². The fraction of sp³-hybridized carbons (Fsp3) is 0.538. The number of hydrogen-bond donors (Lipinski definition) is 2. The molecule has 1 rings (SSSR count). The zero-order valence-electron chi connectivity index (χ0n) is 10.5. The number of ether oxygens (including phenoxy) is 1. The predicted octanol–water partition coefficient (Wildman–Crippen LogP) is 2.90. The lowest BCUT2D eigenvalue weighted by Gasteiger charge is -2.19. The van der Waals surface area contributed by atoms with Crippen molar-refractivity contribution in [1.82, 2.24) is 0 Å². The maximum atomic E-state index is 9.59. The van der Waals surface area contributed by atoms with Gasteiger partial charge in [0.15, 0.2) is 0 Å². The Bertz CT molecular complexity index is 372. The molecule has 1 aromatic rings. The fourth-order valence-corrected chi connectivity index (χ4v) is 1.60. The molecule has 0 bridgehead atoms. The first-order chi connectivity index (χ1) is 7.79. The third-order valence-electron chi connectivity index (χ3n) is 2.43. The van der Waals surface area contributed by atoms with E-state index >= 15 is 0 Å². The highest BCUT2D eigenvalue weighted by Crippen LogP contribution is 2.27. The van der Waals surface area contributed by atoms with Crippen LogP contribution in [-0.4, -0.2) is 17.3 Å². The minimum absolute atomic E-state index is 0.133. The highest BCUT2D eigenvalue weighted by atomic mass is 35.5. The summed E-state index contributed by atoms with van der Waals surface area (Å²) in [6, 6.07) is 5.26. The molecule has 0 spiro atoms. The topological polar surface area (TPSA) is 55.5 Å². The summed E-state index contributed by atoms with van der Waals surface area (Å²) in [5.41, 5.74) is 6.01. The minimum atomic E-state index is -0.721. The SMILES string of the molecule is CC(N)c1cc(Cl)ccc1OCCC(C)(C)O. The molecule has 0 saturated heterocycles. The van der Waals surface area contributed by atoms with Gasteiger partial charge in [-0.1, -0.05) is 11.6 Å². The van der Waals surface area contributed by atoms with E-state index in [9.17, 15) is 5.11 Å². The van der Waals surface area contributed by atoms with Gasteiger partial charge in [0.05, 0.1) is 12.2 Å². The van der Waals surface area contributed by atoms with Crippen LogP contribution < -0.4 is 10.5 Å². The highest BCUT2D eigenvalue weighted by molar-refractivity contribution is 6.30. The van der Waals surface area contributed by atoms with E-state index in [4.69, 9.17) is 22.1 Å². The molecule has 0 aliphatic carbocycles. The lowest BCUT2D eigenvalue weighted by atomic mass is 10.1. The van der Waals surface area contributed by atoms with Gasteiger partial charge >= 0.3 is 0 Å². The van der Waals surface area contributed by atoms with Crippen LogP contribution >= 0.6 is 11.6 Å². The average Bonchev–Trinajstić information content (AvgIpc) is 2.18. The highest BCUT2D eigenvalue weighted by Gasteiger charge is 2.14. The summed E-state index contributed by atoms with van der Waals surface area (Å²) in [6.45, 7) is 5.84. The van der Waals surface area contributed by atoms with Crippen molar-refractivity contribution in [3.05, 3.63) is 28.8 Å². The van der Waals surface area contributed by atoms with Crippen LogP contribution in [0.25, 0.3) is 0 Å². The van der Waals surface area contributed by atoms with Gasteiger partial charge in [0.1, 0.15) is 5.75 Å². The Morgan fingerprint density at radius 3 is 2.65 bits per heavy atom. The molecule has 1 unspecified atom stereocenters. The fourth-order valence-electron chi connectivity index (χ4n) is 1.42. The monoisotopic (exact) mass is 257 g/mol. The van der Waals surface area contributed by atoms with Gasteiger partial charge in [0.2, 0.25) is 0 Å². The summed E-state index contributed by atoms with van der Waals surface area (Å²) in [4.78, 5) is 0. The van der Waals surface area contributed by atoms with Crippen molar-refractivity contribution in [2.45, 2.75) is 38.8 Å². The van der Waals surface area contributed by atoms with Gasteiger partial charge in [-0.25, -0.2) is 0 Å². The Morgan fingerprint density at radius 2 is 2.12 bits per heavy atom. The molecule has 0 saturated carbocycles. The second-order valence-electron chi connectivity index (χ2n) is 4.88. The normalized spacial score (nSPS) is 13.5. The number of nitrogens with two attached hydrogens (primary N) is 1. The summed E-state index contributed by atoms with van der Waals surface area (Å²) in [7, 11) is 0. The third-order valence-corrected chi connectivity index (χ3v) is 2.67. The quantitative estimate of drug-likeness (QED) is 0.853. The maximum Gasteiger partial charge on any atom is 0.124 e. The van der Waals surface area contributed by atoms with E-state index < -0.39 is 5.60 Å². The summed E-state index contributed by atoms with van der Waals surface area (Å²) in [5.74, 6) is 0.730. The van der Waals surface area contributed by atoms with Gasteiger partial charge < -0.3 is 15.6 Å². The van der Waals surface area contributed by atoms with Crippen molar-refractivity contribution >= 4 is 11.6 Å². The van der Waals surface area contributed by atoms with Crippen molar-refractivity contribution in [3.63, 3.8) is 0 Å². The van der Waals surface area contributed by atoms with Crippen LogP contribution in [0.2, 0.25) is 5.02 Å². The lowest BCUT2D eigenvalue weighted by Crippen LogP contribution is -2.22. The zero-order chi connectivity index (χ0) is 13.1. The van der Waals surface area contributed by atoms with Crippen LogP contribution in [0.5, 0.6) is 5.75 Å². The van der Waals surface area contributed by atoms with E-state index in [0.717, 1.165) is 11.3 Å². The van der Waals surface area contributed by atoms with Crippen molar-refractivity contribution in [1.29, 1.82) is 0 Å². The average molecular weight is 258 g/mol. The molecule has 4 heteroatoms. The molecule has 1 atom stereocenters. The summed E-state index contributed by atoms with van der Waals surface area (Å²) in [5, 5.41) is 10.2. The van der Waals surface area contributed by atoms with Crippen LogP contribution in [0, 0.1) is 0 Å². The summed E-state index contributed by atoms with van der Waals surface area (Å²) >= 11 is 5.92. The zero-order valence-corrected chi connectivity index (χ0v) is 11.3. The summed E-state index contributed by atoms with van der Waals surface area (Å²) in [6.07, 6.45) is 0.564. The summed E-state index contributed by atoms with van der Waals surface area (Å²) < 4.78 is 5.63. The second kappa shape index (κ2) is 5.71. The van der Waals surface area contributed by atoms with E-state index in [1.54, 1.807) is 19.9 Å². The Balaban J connectivity index is 2.70. The van der Waals surface area contributed by atoms with E-state index in [0.29, 0.717) is 18.1 Å². The molecule has 0 radical (unpaired) electrons. The van der Waals surface area contributed by atoms with Gasteiger partial charge in [-0.2, -0.15) is 0 Å². The van der Waals surface area contributed by atoms with E-state index in [2.05, 4.69) is 0 Å². The number of benzene rings is 1. The van der Waals surface area contributed by atoms with Gasteiger partial charge in [-0.15, -0.1) is 0 Å². The standard InChI is InChI=1S/C13H20ClNO2/c1-9(15)11-8-10(14)4-5-12(11)17-7-6-13(2,3)16/h4-5,8-9,16H,6-7,15H2,1-3H3. The van der Waals surface area contributed by atoms with E-state index in [1.165, 1.54) is 0 Å². The number of rotatable bonds is 5. The van der Waals surface area contributed by atoms with Crippen molar-refractivity contribution in [2.75, 3.05) is 6.61 Å².